The highest BCUT2D eigenvalue weighted by Gasteiger charge is 2.18. The Morgan fingerprint density at radius 3 is 2.27 bits per heavy atom. The quantitative estimate of drug-likeness (QED) is 0.686. The Morgan fingerprint density at radius 1 is 1.14 bits per heavy atom. The molecule has 0 fully saturated rings. The molecule has 1 N–H and O–H groups in total. The van der Waals surface area contributed by atoms with Crippen molar-refractivity contribution in [3.05, 3.63) is 34.9 Å². The topological polar surface area (TPSA) is 29.5 Å². The van der Waals surface area contributed by atoms with Crippen LogP contribution in [0.25, 0.3) is 5.57 Å². The Labute approximate surface area is 136 Å². The molecule has 0 atom stereocenters. The van der Waals surface area contributed by atoms with Crippen molar-refractivity contribution in [2.24, 2.45) is 0 Å². The molecule has 0 saturated carbocycles. The summed E-state index contributed by atoms with van der Waals surface area (Å²) in [5.74, 6) is 1.89. The molecule has 0 unspecified atom stereocenters. The molecule has 0 radical (unpaired) electrons. The minimum absolute atomic E-state index is 0.0688. The van der Waals surface area contributed by atoms with E-state index >= 15 is 0 Å². The molecule has 0 spiro atoms. The third kappa shape index (κ3) is 4.61. The molecule has 0 aliphatic rings. The molecular formula is C20H32O2. The van der Waals surface area contributed by atoms with Crippen molar-refractivity contribution in [2.45, 2.75) is 66.2 Å². The van der Waals surface area contributed by atoms with Crippen LogP contribution in [0.1, 0.15) is 82.9 Å². The van der Waals surface area contributed by atoms with Gasteiger partial charge in [0.1, 0.15) is 5.75 Å². The Kier molecular flexibility index (Phi) is 7.67. The first-order valence-corrected chi connectivity index (χ1v) is 8.57. The Hall–Kier alpha value is -1.28. The molecule has 0 bridgehead atoms. The monoisotopic (exact) mass is 304 g/mol. The van der Waals surface area contributed by atoms with Crippen molar-refractivity contribution in [2.75, 3.05) is 13.2 Å². The van der Waals surface area contributed by atoms with E-state index in [0.29, 0.717) is 11.8 Å². The Balaban J connectivity index is 3.55. The van der Waals surface area contributed by atoms with Gasteiger partial charge in [-0.25, -0.2) is 0 Å². The lowest BCUT2D eigenvalue weighted by atomic mass is 9.88. The summed E-state index contributed by atoms with van der Waals surface area (Å²) in [5, 5.41) is 9.34. The highest BCUT2D eigenvalue weighted by molar-refractivity contribution is 5.73. The van der Waals surface area contributed by atoms with Gasteiger partial charge in [0.25, 0.3) is 0 Å². The maximum Gasteiger partial charge on any atom is 0.130 e. The normalized spacial score (nSPS) is 12.3. The third-order valence-electron chi connectivity index (χ3n) is 3.94. The van der Waals surface area contributed by atoms with E-state index in [-0.39, 0.29) is 6.61 Å². The summed E-state index contributed by atoms with van der Waals surface area (Å²) in [5.41, 5.74) is 4.92. The molecule has 0 saturated heterocycles. The van der Waals surface area contributed by atoms with Crippen LogP contribution >= 0.6 is 0 Å². The van der Waals surface area contributed by atoms with E-state index in [1.165, 1.54) is 11.1 Å². The molecule has 124 valence electrons. The number of allylic oxidation sites excluding steroid dienone is 1. The minimum Gasteiger partial charge on any atom is -0.493 e. The molecule has 0 aromatic heterocycles. The third-order valence-corrected chi connectivity index (χ3v) is 3.94. The molecule has 0 aliphatic heterocycles. The molecule has 2 nitrogen and oxygen atoms in total. The molecule has 1 aromatic carbocycles. The fourth-order valence-corrected chi connectivity index (χ4v) is 2.60. The van der Waals surface area contributed by atoms with Gasteiger partial charge in [-0.05, 0) is 47.4 Å². The summed E-state index contributed by atoms with van der Waals surface area (Å²) in [6.45, 7) is 13.9. The van der Waals surface area contributed by atoms with E-state index in [2.05, 4.69) is 53.7 Å². The van der Waals surface area contributed by atoms with Crippen molar-refractivity contribution in [1.29, 1.82) is 0 Å². The lowest BCUT2D eigenvalue weighted by Crippen LogP contribution is -2.06. The Morgan fingerprint density at radius 2 is 1.82 bits per heavy atom. The Bertz CT molecular complexity index is 499. The summed E-state index contributed by atoms with van der Waals surface area (Å²) in [4.78, 5) is 0. The van der Waals surface area contributed by atoms with Gasteiger partial charge in [-0.3, -0.25) is 0 Å². The zero-order chi connectivity index (χ0) is 16.7. The number of rotatable bonds is 8. The molecule has 0 aliphatic carbocycles. The predicted octanol–water partition coefficient (Wildman–Crippen LogP) is 5.51. The molecular weight excluding hydrogens is 272 g/mol. The standard InChI is InChI=1S/C20H32O2/c1-7-11-22-20-18(15(5)6)12-17(14(3)4)13-19(20)16(8-2)9-10-21/h9,12-15,21H,7-8,10-11H2,1-6H3/b16-9-. The first kappa shape index (κ1) is 18.8. The van der Waals surface area contributed by atoms with Crippen molar-refractivity contribution in [3.63, 3.8) is 0 Å². The van der Waals surface area contributed by atoms with E-state index in [1.807, 2.05) is 6.08 Å². The van der Waals surface area contributed by atoms with E-state index < -0.39 is 0 Å². The van der Waals surface area contributed by atoms with Gasteiger partial charge in [0.2, 0.25) is 0 Å². The maximum atomic E-state index is 9.34. The average Bonchev–Trinajstić information content (AvgIpc) is 2.49. The summed E-state index contributed by atoms with van der Waals surface area (Å²) in [6.07, 6.45) is 3.79. The number of hydrogen-bond acceptors (Lipinski definition) is 2. The van der Waals surface area contributed by atoms with Crippen LogP contribution in [0.5, 0.6) is 5.75 Å². The van der Waals surface area contributed by atoms with E-state index in [0.717, 1.165) is 36.3 Å². The second-order valence-corrected chi connectivity index (χ2v) is 6.41. The smallest absolute Gasteiger partial charge is 0.130 e. The van der Waals surface area contributed by atoms with Crippen molar-refractivity contribution in [1.82, 2.24) is 0 Å². The highest BCUT2D eigenvalue weighted by atomic mass is 16.5. The minimum atomic E-state index is 0.0688. The molecule has 1 rings (SSSR count). The fraction of sp³-hybridized carbons (Fsp3) is 0.600. The van der Waals surface area contributed by atoms with Gasteiger partial charge in [-0.15, -0.1) is 0 Å². The predicted molar refractivity (Wildman–Crippen MR) is 95.8 cm³/mol. The zero-order valence-corrected chi connectivity index (χ0v) is 15.1. The van der Waals surface area contributed by atoms with Crippen LogP contribution in [0.3, 0.4) is 0 Å². The summed E-state index contributed by atoms with van der Waals surface area (Å²) in [6, 6.07) is 4.53. The van der Waals surface area contributed by atoms with E-state index in [4.69, 9.17) is 4.74 Å². The number of hydrogen-bond donors (Lipinski definition) is 1. The van der Waals surface area contributed by atoms with Crippen LogP contribution in [0, 0.1) is 0 Å². The van der Waals surface area contributed by atoms with E-state index in [1.54, 1.807) is 0 Å². The molecule has 0 amide bonds. The summed E-state index contributed by atoms with van der Waals surface area (Å²) < 4.78 is 6.12. The van der Waals surface area contributed by atoms with Crippen LogP contribution in [0.4, 0.5) is 0 Å². The molecule has 22 heavy (non-hydrogen) atoms. The zero-order valence-electron chi connectivity index (χ0n) is 15.1. The van der Waals surface area contributed by atoms with Crippen LogP contribution in [0.2, 0.25) is 0 Å². The van der Waals surface area contributed by atoms with Crippen LogP contribution in [0.15, 0.2) is 18.2 Å². The molecule has 1 aromatic rings. The highest BCUT2D eigenvalue weighted by Crippen LogP contribution is 2.38. The van der Waals surface area contributed by atoms with Gasteiger partial charge in [-0.1, -0.05) is 53.7 Å². The van der Waals surface area contributed by atoms with Crippen LogP contribution in [-0.2, 0) is 0 Å². The van der Waals surface area contributed by atoms with Gasteiger partial charge in [0.05, 0.1) is 13.2 Å². The fourth-order valence-electron chi connectivity index (χ4n) is 2.60. The first-order chi connectivity index (χ1) is 10.5. The number of aliphatic hydroxyl groups excluding tert-OH is 1. The lowest BCUT2D eigenvalue weighted by Gasteiger charge is -2.22. The number of benzene rings is 1. The van der Waals surface area contributed by atoms with Gasteiger partial charge in [0.15, 0.2) is 0 Å². The van der Waals surface area contributed by atoms with Crippen molar-refractivity contribution in [3.8, 4) is 5.75 Å². The van der Waals surface area contributed by atoms with Gasteiger partial charge in [-0.2, -0.15) is 0 Å². The van der Waals surface area contributed by atoms with Crippen LogP contribution in [-0.4, -0.2) is 18.3 Å². The van der Waals surface area contributed by atoms with Crippen LogP contribution < -0.4 is 4.74 Å². The van der Waals surface area contributed by atoms with Gasteiger partial charge in [0, 0.05) is 5.56 Å². The summed E-state index contributed by atoms with van der Waals surface area (Å²) >= 11 is 0. The second kappa shape index (κ2) is 8.99. The maximum absolute atomic E-state index is 9.34. The number of aliphatic hydroxyl groups is 1. The second-order valence-electron chi connectivity index (χ2n) is 6.41. The van der Waals surface area contributed by atoms with Gasteiger partial charge < -0.3 is 9.84 Å². The van der Waals surface area contributed by atoms with Gasteiger partial charge >= 0.3 is 0 Å². The SMILES string of the molecule is CCCOc1c(/C(=C\CO)CC)cc(C(C)C)cc1C(C)C. The largest absolute Gasteiger partial charge is 0.493 e. The van der Waals surface area contributed by atoms with E-state index in [9.17, 15) is 5.11 Å². The average molecular weight is 304 g/mol. The van der Waals surface area contributed by atoms with Crippen molar-refractivity contribution < 1.29 is 9.84 Å². The molecule has 0 heterocycles. The molecule has 2 heteroatoms. The van der Waals surface area contributed by atoms with Crippen molar-refractivity contribution >= 4 is 5.57 Å². The summed E-state index contributed by atoms with van der Waals surface area (Å²) in [7, 11) is 0. The first-order valence-electron chi connectivity index (χ1n) is 8.57. The lowest BCUT2D eigenvalue weighted by molar-refractivity contribution is 0.311. The number of ether oxygens (including phenoxy) is 1.